The van der Waals surface area contributed by atoms with E-state index in [9.17, 15) is 9.18 Å². The Morgan fingerprint density at radius 3 is 2.61 bits per heavy atom. The molecule has 1 aromatic heterocycles. The molecule has 6 heteroatoms. The highest BCUT2D eigenvalue weighted by Crippen LogP contribution is 1.96. The first-order valence-electron chi connectivity index (χ1n) is 7.27. The van der Waals surface area contributed by atoms with E-state index in [1.54, 1.807) is 26.8 Å². The fourth-order valence-electron chi connectivity index (χ4n) is 1.99. The van der Waals surface area contributed by atoms with Crippen LogP contribution in [0.2, 0.25) is 0 Å². The van der Waals surface area contributed by atoms with Crippen molar-refractivity contribution in [2.45, 2.75) is 34.1 Å². The zero-order chi connectivity index (χ0) is 17.4. The summed E-state index contributed by atoms with van der Waals surface area (Å²) in [6.07, 6.45) is 7.55. The molecule has 0 unspecified atom stereocenters. The molecule has 5 nitrogen and oxygen atoms in total. The number of aryl methyl sites for hydroxylation is 1. The normalized spacial score (nSPS) is 14.8. The highest BCUT2D eigenvalue weighted by Gasteiger charge is 2.10. The summed E-state index contributed by atoms with van der Waals surface area (Å²) >= 11 is 0. The van der Waals surface area contributed by atoms with E-state index in [0.717, 1.165) is 0 Å². The number of aromatic nitrogens is 2. The summed E-state index contributed by atoms with van der Waals surface area (Å²) in [4.78, 5) is 24.9. The molecule has 0 saturated heterocycles. The lowest BCUT2D eigenvalue weighted by Crippen LogP contribution is -2.50. The van der Waals surface area contributed by atoms with E-state index in [1.807, 2.05) is 6.92 Å². The van der Waals surface area contributed by atoms with Gasteiger partial charge in [0.1, 0.15) is 17.5 Å². The Morgan fingerprint density at radius 2 is 2.09 bits per heavy atom. The first kappa shape index (κ1) is 18.4. The van der Waals surface area contributed by atoms with E-state index >= 15 is 0 Å². The Balaban J connectivity index is 3.85. The maximum atomic E-state index is 13.6. The van der Waals surface area contributed by atoms with Gasteiger partial charge in [0, 0.05) is 18.8 Å². The van der Waals surface area contributed by atoms with Crippen molar-refractivity contribution in [1.29, 1.82) is 0 Å². The Kier molecular flexibility index (Phi) is 6.99. The summed E-state index contributed by atoms with van der Waals surface area (Å²) < 4.78 is 15.0. The van der Waals surface area contributed by atoms with E-state index < -0.39 is 5.83 Å². The van der Waals surface area contributed by atoms with Crippen LogP contribution in [-0.4, -0.2) is 22.1 Å². The topological polar surface area (TPSA) is 59.6 Å². The standard InChI is InChI=1S/C17H21FN4O/c1-6-13(18)11-14-15(7-2)21-16(8-3)22(17(14)23)12(4)20-10-9-19-5/h6-7,9-11H,5,8H2,1-4H3/b10-9-,13-6+,14-11+,15-7-,20-12+. The third kappa shape index (κ3) is 4.42. The summed E-state index contributed by atoms with van der Waals surface area (Å²) in [6, 6.07) is 0. The molecule has 0 aliphatic heterocycles. The van der Waals surface area contributed by atoms with Crippen molar-refractivity contribution in [3.05, 3.63) is 51.0 Å². The van der Waals surface area contributed by atoms with E-state index in [-0.39, 0.29) is 10.8 Å². The Hall–Kier alpha value is -2.63. The molecule has 0 spiro atoms. The van der Waals surface area contributed by atoms with Gasteiger partial charge in [-0.25, -0.2) is 14.4 Å². The van der Waals surface area contributed by atoms with Gasteiger partial charge in [-0.3, -0.25) is 14.4 Å². The maximum Gasteiger partial charge on any atom is 0.267 e. The van der Waals surface area contributed by atoms with Gasteiger partial charge in [0.2, 0.25) is 0 Å². The van der Waals surface area contributed by atoms with Crippen LogP contribution in [0.5, 0.6) is 0 Å². The van der Waals surface area contributed by atoms with Crippen molar-refractivity contribution in [3.8, 4) is 0 Å². The molecule has 1 heterocycles. The first-order valence-corrected chi connectivity index (χ1v) is 7.27. The van der Waals surface area contributed by atoms with E-state index in [2.05, 4.69) is 21.7 Å². The molecule has 122 valence electrons. The average Bonchev–Trinajstić information content (AvgIpc) is 2.55. The zero-order valence-electron chi connectivity index (χ0n) is 13.9. The Labute approximate surface area is 134 Å². The summed E-state index contributed by atoms with van der Waals surface area (Å²) in [5, 5.41) is 0.650. The molecular formula is C17H21FN4O. The van der Waals surface area contributed by atoms with Crippen LogP contribution in [0.15, 0.2) is 39.1 Å². The van der Waals surface area contributed by atoms with Gasteiger partial charge in [-0.2, -0.15) is 0 Å². The second-order valence-corrected chi connectivity index (χ2v) is 4.58. The average molecular weight is 316 g/mol. The smallest absolute Gasteiger partial charge is 0.267 e. The van der Waals surface area contributed by atoms with Crippen LogP contribution >= 0.6 is 0 Å². The molecule has 0 radical (unpaired) electrons. The van der Waals surface area contributed by atoms with E-state index in [0.29, 0.717) is 23.4 Å². The molecule has 1 rings (SSSR count). The lowest BCUT2D eigenvalue weighted by Gasteiger charge is -2.10. The number of hydrogen-bond donors (Lipinski definition) is 0. The van der Waals surface area contributed by atoms with Crippen LogP contribution in [0, 0.1) is 0 Å². The van der Waals surface area contributed by atoms with Gasteiger partial charge in [0.05, 0.1) is 10.6 Å². The molecule has 23 heavy (non-hydrogen) atoms. The molecule has 0 aliphatic rings. The fraction of sp³-hybridized carbons (Fsp3) is 0.294. The third-order valence-electron chi connectivity index (χ3n) is 3.12. The number of hydrogen-bond acceptors (Lipinski definition) is 4. The molecule has 0 aliphatic carbocycles. The number of allylic oxidation sites excluding steroid dienone is 2. The highest BCUT2D eigenvalue weighted by molar-refractivity contribution is 5.83. The fourth-order valence-corrected chi connectivity index (χ4v) is 1.99. The van der Waals surface area contributed by atoms with E-state index in [4.69, 9.17) is 0 Å². The molecule has 0 aromatic carbocycles. The summed E-state index contributed by atoms with van der Waals surface area (Å²) in [5.41, 5.74) is -0.358. The van der Waals surface area contributed by atoms with Crippen LogP contribution in [0.1, 0.15) is 33.5 Å². The summed E-state index contributed by atoms with van der Waals surface area (Å²) in [6.45, 7) is 10.2. The van der Waals surface area contributed by atoms with Gasteiger partial charge >= 0.3 is 0 Å². The highest BCUT2D eigenvalue weighted by atomic mass is 19.1. The number of aliphatic imine (C=N–C) groups is 2. The van der Waals surface area contributed by atoms with Gasteiger partial charge in [-0.1, -0.05) is 19.1 Å². The number of halogens is 1. The van der Waals surface area contributed by atoms with Crippen LogP contribution < -0.4 is 16.1 Å². The third-order valence-corrected chi connectivity index (χ3v) is 3.12. The minimum Gasteiger partial charge on any atom is -0.271 e. The molecule has 0 atom stereocenters. The van der Waals surface area contributed by atoms with E-state index in [1.165, 1.54) is 29.1 Å². The second-order valence-electron chi connectivity index (χ2n) is 4.58. The molecule has 1 aromatic rings. The van der Waals surface area contributed by atoms with Crippen molar-refractivity contribution in [1.82, 2.24) is 9.55 Å². The summed E-state index contributed by atoms with van der Waals surface area (Å²) in [7, 11) is 0. The van der Waals surface area contributed by atoms with Gasteiger partial charge in [0.25, 0.3) is 5.56 Å². The first-order chi connectivity index (χ1) is 11.0. The predicted octanol–water partition coefficient (Wildman–Crippen LogP) is 1.70. The van der Waals surface area contributed by atoms with Crippen LogP contribution in [0.25, 0.3) is 12.2 Å². The second kappa shape index (κ2) is 8.73. The zero-order valence-corrected chi connectivity index (χ0v) is 13.9. The van der Waals surface area contributed by atoms with Crippen LogP contribution in [0.3, 0.4) is 0 Å². The van der Waals surface area contributed by atoms with Crippen molar-refractivity contribution >= 4 is 24.7 Å². The lowest BCUT2D eigenvalue weighted by atomic mass is 10.3. The van der Waals surface area contributed by atoms with Crippen molar-refractivity contribution in [2.24, 2.45) is 9.98 Å². The minimum absolute atomic E-state index is 0.195. The van der Waals surface area contributed by atoms with Crippen molar-refractivity contribution in [2.75, 3.05) is 0 Å². The number of nitrogens with zero attached hydrogens (tertiary/aromatic N) is 4. The number of rotatable bonds is 4. The van der Waals surface area contributed by atoms with Gasteiger partial charge in [0.15, 0.2) is 0 Å². The van der Waals surface area contributed by atoms with Crippen LogP contribution in [-0.2, 0) is 6.42 Å². The molecule has 0 fully saturated rings. The van der Waals surface area contributed by atoms with Gasteiger partial charge in [-0.05, 0) is 33.6 Å². The SMILES string of the molecule is C=N/C=C\N=C(/C)n1c(CC)nc(=C\C)/c(=C\C(F)=C/C)c1=O. The molecule has 0 amide bonds. The molecular weight excluding hydrogens is 295 g/mol. The Morgan fingerprint density at radius 1 is 1.39 bits per heavy atom. The molecule has 0 N–H and O–H groups in total. The Bertz CT molecular complexity index is 845. The quantitative estimate of drug-likeness (QED) is 0.627. The largest absolute Gasteiger partial charge is 0.271 e. The molecule has 0 bridgehead atoms. The van der Waals surface area contributed by atoms with Crippen LogP contribution in [0.4, 0.5) is 4.39 Å². The molecule has 0 saturated carbocycles. The summed E-state index contributed by atoms with van der Waals surface area (Å²) in [5.74, 6) is 0.493. The predicted molar refractivity (Wildman–Crippen MR) is 93.8 cm³/mol. The van der Waals surface area contributed by atoms with Crippen molar-refractivity contribution in [3.63, 3.8) is 0 Å². The maximum absolute atomic E-state index is 13.6. The van der Waals surface area contributed by atoms with Gasteiger partial charge in [-0.15, -0.1) is 0 Å². The monoisotopic (exact) mass is 316 g/mol. The van der Waals surface area contributed by atoms with Gasteiger partial charge < -0.3 is 0 Å². The minimum atomic E-state index is -0.492. The van der Waals surface area contributed by atoms with Crippen molar-refractivity contribution < 1.29 is 4.39 Å². The lowest BCUT2D eigenvalue weighted by molar-refractivity contribution is 0.676.